The highest BCUT2D eigenvalue weighted by atomic mass is 16.5. The van der Waals surface area contributed by atoms with Gasteiger partial charge < -0.3 is 9.47 Å². The number of carbonyl (C=O) groups excluding carboxylic acids is 1. The molecule has 1 aliphatic heterocycles. The number of methoxy groups -OCH3 is 1. The molecule has 32 heavy (non-hydrogen) atoms. The minimum atomic E-state index is -0.123. The van der Waals surface area contributed by atoms with Crippen molar-refractivity contribution in [2.24, 2.45) is 17.3 Å². The van der Waals surface area contributed by atoms with Crippen LogP contribution in [0.5, 0.6) is 5.75 Å². The third-order valence-corrected chi connectivity index (χ3v) is 7.77. The maximum atomic E-state index is 11.7. The van der Waals surface area contributed by atoms with Crippen molar-refractivity contribution in [3.8, 4) is 5.75 Å². The molecule has 1 aliphatic carbocycles. The lowest BCUT2D eigenvalue weighted by atomic mass is 9.69. The highest BCUT2D eigenvalue weighted by Crippen LogP contribution is 2.41. The Kier molecular flexibility index (Phi) is 6.99. The molecule has 2 fully saturated rings. The number of aromatic nitrogens is 2. The number of benzene rings is 1. The van der Waals surface area contributed by atoms with E-state index in [0.717, 1.165) is 54.2 Å². The molecule has 6 nitrogen and oxygen atoms in total. The molecule has 1 saturated heterocycles. The second-order valence-electron chi connectivity index (χ2n) is 10.2. The van der Waals surface area contributed by atoms with Gasteiger partial charge in [-0.2, -0.15) is 0 Å². The third-order valence-electron chi connectivity index (χ3n) is 7.77. The quantitative estimate of drug-likeness (QED) is 0.566. The van der Waals surface area contributed by atoms with Gasteiger partial charge in [-0.1, -0.05) is 27.2 Å². The van der Waals surface area contributed by atoms with Gasteiger partial charge in [-0.3, -0.25) is 9.69 Å². The summed E-state index contributed by atoms with van der Waals surface area (Å²) in [6, 6.07) is 6.12. The molecule has 0 spiro atoms. The topological polar surface area (TPSA) is 64.5 Å². The zero-order chi connectivity index (χ0) is 22.7. The van der Waals surface area contributed by atoms with Gasteiger partial charge in [0.2, 0.25) is 0 Å². The normalized spacial score (nSPS) is 24.6. The molecular weight excluding hydrogens is 402 g/mol. The molecule has 0 bridgehead atoms. The number of hydrogen-bond acceptors (Lipinski definition) is 6. The van der Waals surface area contributed by atoms with E-state index >= 15 is 0 Å². The predicted molar refractivity (Wildman–Crippen MR) is 125 cm³/mol. The number of ether oxygens (including phenoxy) is 2. The number of rotatable bonds is 7. The fourth-order valence-corrected chi connectivity index (χ4v) is 5.18. The molecule has 174 valence electrons. The Morgan fingerprint density at radius 1 is 1.19 bits per heavy atom. The van der Waals surface area contributed by atoms with Gasteiger partial charge in [0.05, 0.1) is 31.2 Å². The first-order valence-electron chi connectivity index (χ1n) is 12.1. The summed E-state index contributed by atoms with van der Waals surface area (Å²) in [5.74, 6) is 2.33. The Balaban J connectivity index is 1.34. The molecule has 2 aromatic rings. The lowest BCUT2D eigenvalue weighted by Gasteiger charge is -2.38. The van der Waals surface area contributed by atoms with Gasteiger partial charge in [0.15, 0.2) is 0 Å². The van der Waals surface area contributed by atoms with Crippen LogP contribution in [0.4, 0.5) is 0 Å². The van der Waals surface area contributed by atoms with E-state index in [9.17, 15) is 4.79 Å². The van der Waals surface area contributed by atoms with Crippen molar-refractivity contribution in [3.63, 3.8) is 0 Å². The zero-order valence-corrected chi connectivity index (χ0v) is 20.0. The average molecular weight is 440 g/mol. The molecule has 1 aromatic carbocycles. The van der Waals surface area contributed by atoms with E-state index in [1.807, 2.05) is 18.3 Å². The van der Waals surface area contributed by atoms with Crippen molar-refractivity contribution >= 4 is 16.9 Å². The maximum Gasteiger partial charge on any atom is 0.310 e. The lowest BCUT2D eigenvalue weighted by molar-refractivity contribution is -0.144. The minimum absolute atomic E-state index is 0.0386. The largest absolute Gasteiger partial charge is 0.490 e. The minimum Gasteiger partial charge on any atom is -0.490 e. The van der Waals surface area contributed by atoms with Crippen LogP contribution in [0.1, 0.15) is 65.1 Å². The van der Waals surface area contributed by atoms with Gasteiger partial charge in [-0.05, 0) is 68.2 Å². The second kappa shape index (κ2) is 9.74. The van der Waals surface area contributed by atoms with Gasteiger partial charge >= 0.3 is 5.97 Å². The predicted octanol–water partition coefficient (Wildman–Crippen LogP) is 5.00. The summed E-state index contributed by atoms with van der Waals surface area (Å²) in [6.45, 7) is 9.33. The fourth-order valence-electron chi connectivity index (χ4n) is 5.18. The Bertz CT molecular complexity index is 937. The molecule has 2 aliphatic rings. The molecule has 4 rings (SSSR count). The van der Waals surface area contributed by atoms with Gasteiger partial charge in [0, 0.05) is 18.1 Å². The van der Waals surface area contributed by atoms with Crippen LogP contribution in [0.2, 0.25) is 0 Å². The van der Waals surface area contributed by atoms with Crippen LogP contribution >= 0.6 is 0 Å². The van der Waals surface area contributed by atoms with E-state index in [1.165, 1.54) is 26.4 Å². The Morgan fingerprint density at radius 3 is 2.69 bits per heavy atom. The zero-order valence-electron chi connectivity index (χ0n) is 20.0. The summed E-state index contributed by atoms with van der Waals surface area (Å²) in [4.78, 5) is 23.3. The van der Waals surface area contributed by atoms with E-state index in [2.05, 4.69) is 36.7 Å². The number of carbonyl (C=O) groups is 1. The van der Waals surface area contributed by atoms with Gasteiger partial charge in [-0.15, -0.1) is 0 Å². The van der Waals surface area contributed by atoms with E-state index in [4.69, 9.17) is 14.5 Å². The van der Waals surface area contributed by atoms with Crippen LogP contribution in [0.25, 0.3) is 10.9 Å². The summed E-state index contributed by atoms with van der Waals surface area (Å²) in [5, 5.41) is 1.00. The van der Waals surface area contributed by atoms with Crippen LogP contribution in [0.15, 0.2) is 24.4 Å². The summed E-state index contributed by atoms with van der Waals surface area (Å²) in [6.07, 6.45) is 9.01. The van der Waals surface area contributed by atoms with Crippen LogP contribution < -0.4 is 4.74 Å². The molecule has 1 saturated carbocycles. The van der Waals surface area contributed by atoms with E-state index in [-0.39, 0.29) is 11.9 Å². The first-order chi connectivity index (χ1) is 15.4. The number of likely N-dealkylation sites (tertiary alicyclic amines) is 1. The van der Waals surface area contributed by atoms with E-state index in [0.29, 0.717) is 24.6 Å². The number of fused-ring (bicyclic) bond motifs is 1. The molecule has 6 heteroatoms. The monoisotopic (exact) mass is 439 g/mol. The summed E-state index contributed by atoms with van der Waals surface area (Å²) >= 11 is 0. The van der Waals surface area contributed by atoms with E-state index < -0.39 is 0 Å². The van der Waals surface area contributed by atoms with Crippen LogP contribution in [-0.4, -0.2) is 47.1 Å². The first kappa shape index (κ1) is 23.0. The van der Waals surface area contributed by atoms with Crippen molar-refractivity contribution in [2.75, 3.05) is 20.2 Å². The van der Waals surface area contributed by atoms with Gasteiger partial charge in [-0.25, -0.2) is 9.97 Å². The van der Waals surface area contributed by atoms with E-state index in [1.54, 1.807) is 0 Å². The molecule has 2 heterocycles. The highest BCUT2D eigenvalue weighted by Gasteiger charge is 2.32. The number of hydrogen-bond donors (Lipinski definition) is 0. The Labute approximate surface area is 191 Å². The van der Waals surface area contributed by atoms with Gasteiger partial charge in [0.25, 0.3) is 0 Å². The van der Waals surface area contributed by atoms with Crippen LogP contribution in [-0.2, 0) is 16.1 Å². The Hall–Kier alpha value is -2.21. The van der Waals surface area contributed by atoms with Gasteiger partial charge in [0.1, 0.15) is 11.6 Å². The molecule has 0 N–H and O–H groups in total. The van der Waals surface area contributed by atoms with Crippen molar-refractivity contribution in [2.45, 2.75) is 71.9 Å². The standard InChI is InChI=1S/C26H37N3O3/c1-5-26(2,3)20-6-8-21(9-7-20)32-22-10-11-23-19(14-22)15-27-24(28-23)17-29-13-12-18(16-29)25(30)31-4/h10-11,14-15,18,20-21H,5-9,12-13,16-17H2,1-4H3/t18-,20?,21?/m1/s1. The highest BCUT2D eigenvalue weighted by molar-refractivity contribution is 5.79. The molecule has 0 radical (unpaired) electrons. The summed E-state index contributed by atoms with van der Waals surface area (Å²) in [5.41, 5.74) is 1.36. The number of esters is 1. The molecule has 0 amide bonds. The first-order valence-corrected chi connectivity index (χ1v) is 12.1. The smallest absolute Gasteiger partial charge is 0.310 e. The van der Waals surface area contributed by atoms with Crippen LogP contribution in [0, 0.1) is 17.3 Å². The van der Waals surface area contributed by atoms with Crippen molar-refractivity contribution < 1.29 is 14.3 Å². The molecule has 1 aromatic heterocycles. The Morgan fingerprint density at radius 2 is 1.97 bits per heavy atom. The fraction of sp³-hybridized carbons (Fsp3) is 0.654. The lowest BCUT2D eigenvalue weighted by Crippen LogP contribution is -2.31. The molecule has 0 unspecified atom stereocenters. The second-order valence-corrected chi connectivity index (χ2v) is 10.2. The average Bonchev–Trinajstić information content (AvgIpc) is 3.27. The SMILES string of the molecule is CCC(C)(C)C1CCC(Oc2ccc3nc(CN4CC[C@@H](C(=O)OC)C4)ncc3c2)CC1. The molecule has 1 atom stereocenters. The van der Waals surface area contributed by atoms with Crippen LogP contribution in [0.3, 0.4) is 0 Å². The third kappa shape index (κ3) is 5.22. The van der Waals surface area contributed by atoms with Crippen molar-refractivity contribution in [1.82, 2.24) is 14.9 Å². The number of nitrogens with zero attached hydrogens (tertiary/aromatic N) is 3. The summed E-state index contributed by atoms with van der Waals surface area (Å²) < 4.78 is 11.2. The summed E-state index contributed by atoms with van der Waals surface area (Å²) in [7, 11) is 1.45. The molecular formula is C26H37N3O3. The maximum absolute atomic E-state index is 11.7. The van der Waals surface area contributed by atoms with Crippen molar-refractivity contribution in [1.29, 1.82) is 0 Å². The van der Waals surface area contributed by atoms with Crippen molar-refractivity contribution in [3.05, 3.63) is 30.2 Å².